The number of aromatic nitrogens is 4. The number of carbonyl (C=O) groups excluding carboxylic acids is 1. The van der Waals surface area contributed by atoms with Gasteiger partial charge in [-0.1, -0.05) is 43.8 Å². The zero-order chi connectivity index (χ0) is 21.3. The molecular formula is C22H29N5O2S. The standard InChI is InChI=1S/C22H29N5O2S/c1-14(2)13-27-21(26-9-11-29-12-10-26)24-25-22(27)30-16(4)20(28)19-15(3)23-18-8-6-5-7-17(18)19/h5-8,14,16,23H,9-13H2,1-4H3. The normalized spacial score (nSPS) is 15.8. The molecule has 1 aliphatic rings. The Morgan fingerprint density at radius 3 is 2.67 bits per heavy atom. The second-order valence-electron chi connectivity index (χ2n) is 8.18. The molecule has 0 radical (unpaired) electrons. The Morgan fingerprint density at radius 1 is 1.20 bits per heavy atom. The van der Waals surface area contributed by atoms with E-state index in [0.717, 1.165) is 52.9 Å². The fourth-order valence-corrected chi connectivity index (χ4v) is 4.81. The van der Waals surface area contributed by atoms with Gasteiger partial charge in [0.2, 0.25) is 5.95 Å². The lowest BCUT2D eigenvalue weighted by molar-refractivity contribution is 0.0995. The minimum atomic E-state index is -0.268. The van der Waals surface area contributed by atoms with Crippen LogP contribution in [-0.2, 0) is 11.3 Å². The number of morpholine rings is 1. The molecule has 3 aromatic rings. The van der Waals surface area contributed by atoms with Crippen molar-refractivity contribution in [3.8, 4) is 0 Å². The molecule has 4 rings (SSSR count). The number of anilines is 1. The first kappa shape index (κ1) is 20.9. The number of hydrogen-bond acceptors (Lipinski definition) is 6. The molecule has 0 bridgehead atoms. The van der Waals surface area contributed by atoms with Crippen LogP contribution >= 0.6 is 11.8 Å². The average Bonchev–Trinajstić information content (AvgIpc) is 3.27. The SMILES string of the molecule is Cc1[nH]c2ccccc2c1C(=O)C(C)Sc1nnc(N2CCOCC2)n1CC(C)C. The zero-order valence-corrected chi connectivity index (χ0v) is 18.8. The molecule has 1 saturated heterocycles. The largest absolute Gasteiger partial charge is 0.378 e. The van der Waals surface area contributed by atoms with Gasteiger partial charge in [0.15, 0.2) is 10.9 Å². The zero-order valence-electron chi connectivity index (χ0n) is 18.0. The summed E-state index contributed by atoms with van der Waals surface area (Å²) in [4.78, 5) is 18.9. The predicted octanol–water partition coefficient (Wildman–Crippen LogP) is 3.92. The minimum absolute atomic E-state index is 0.113. The maximum absolute atomic E-state index is 13.4. The van der Waals surface area contributed by atoms with Gasteiger partial charge in [0.05, 0.1) is 18.5 Å². The van der Waals surface area contributed by atoms with Crippen LogP contribution in [0.1, 0.15) is 36.8 Å². The summed E-state index contributed by atoms with van der Waals surface area (Å²) in [5.41, 5.74) is 2.67. The molecule has 0 amide bonds. The van der Waals surface area contributed by atoms with E-state index in [0.29, 0.717) is 19.1 Å². The monoisotopic (exact) mass is 427 g/mol. The second kappa shape index (κ2) is 8.81. The highest BCUT2D eigenvalue weighted by atomic mass is 32.2. The van der Waals surface area contributed by atoms with Crippen molar-refractivity contribution < 1.29 is 9.53 Å². The lowest BCUT2D eigenvalue weighted by Gasteiger charge is -2.28. The smallest absolute Gasteiger partial charge is 0.228 e. The lowest BCUT2D eigenvalue weighted by Crippen LogP contribution is -2.38. The third-order valence-corrected chi connectivity index (χ3v) is 6.41. The van der Waals surface area contributed by atoms with Gasteiger partial charge in [0, 0.05) is 41.8 Å². The summed E-state index contributed by atoms with van der Waals surface area (Å²) in [6.45, 7) is 12.1. The van der Waals surface area contributed by atoms with Crippen LogP contribution in [-0.4, -0.2) is 57.1 Å². The molecule has 30 heavy (non-hydrogen) atoms. The Hall–Kier alpha value is -2.32. The van der Waals surface area contributed by atoms with E-state index in [2.05, 4.69) is 38.5 Å². The van der Waals surface area contributed by atoms with Gasteiger partial charge in [-0.15, -0.1) is 10.2 Å². The van der Waals surface area contributed by atoms with Crippen LogP contribution in [0.2, 0.25) is 0 Å². The molecule has 0 aliphatic carbocycles. The highest BCUT2D eigenvalue weighted by Crippen LogP contribution is 2.31. The van der Waals surface area contributed by atoms with Gasteiger partial charge in [-0.05, 0) is 25.8 Å². The summed E-state index contributed by atoms with van der Waals surface area (Å²) < 4.78 is 7.64. The summed E-state index contributed by atoms with van der Waals surface area (Å²) in [6.07, 6.45) is 0. The Labute approximate surface area is 181 Å². The quantitative estimate of drug-likeness (QED) is 0.455. The Balaban J connectivity index is 1.60. The number of thioether (sulfide) groups is 1. The van der Waals surface area contributed by atoms with Crippen molar-refractivity contribution in [1.82, 2.24) is 19.7 Å². The number of fused-ring (bicyclic) bond motifs is 1. The number of nitrogens with one attached hydrogen (secondary N) is 1. The molecule has 1 unspecified atom stereocenters. The van der Waals surface area contributed by atoms with Crippen molar-refractivity contribution in [2.45, 2.75) is 44.6 Å². The molecule has 7 nitrogen and oxygen atoms in total. The Bertz CT molecular complexity index is 1040. The Morgan fingerprint density at radius 2 is 1.93 bits per heavy atom. The van der Waals surface area contributed by atoms with Crippen LogP contribution in [0.4, 0.5) is 5.95 Å². The first-order valence-electron chi connectivity index (χ1n) is 10.5. The molecule has 1 aliphatic heterocycles. The molecule has 3 heterocycles. The molecule has 0 spiro atoms. The minimum Gasteiger partial charge on any atom is -0.378 e. The van der Waals surface area contributed by atoms with Crippen molar-refractivity contribution in [2.75, 3.05) is 31.2 Å². The van der Waals surface area contributed by atoms with E-state index in [9.17, 15) is 4.79 Å². The predicted molar refractivity (Wildman–Crippen MR) is 121 cm³/mol. The number of para-hydroxylation sites is 1. The van der Waals surface area contributed by atoms with Crippen molar-refractivity contribution in [2.24, 2.45) is 5.92 Å². The summed E-state index contributed by atoms with van der Waals surface area (Å²) in [6, 6.07) is 7.95. The van der Waals surface area contributed by atoms with Crippen LogP contribution in [0, 0.1) is 12.8 Å². The van der Waals surface area contributed by atoms with E-state index in [1.807, 2.05) is 38.1 Å². The summed E-state index contributed by atoms with van der Waals surface area (Å²) >= 11 is 1.49. The third-order valence-electron chi connectivity index (χ3n) is 5.33. The average molecular weight is 428 g/mol. The number of benzene rings is 1. The number of rotatable bonds is 7. The molecule has 2 aromatic heterocycles. The maximum Gasteiger partial charge on any atom is 0.228 e. The number of aromatic amines is 1. The number of nitrogens with zero attached hydrogens (tertiary/aromatic N) is 4. The number of ether oxygens (including phenoxy) is 1. The fourth-order valence-electron chi connectivity index (χ4n) is 3.90. The lowest BCUT2D eigenvalue weighted by atomic mass is 10.1. The number of Topliss-reactive ketones (excluding diaryl/α,β-unsaturated/α-hetero) is 1. The van der Waals surface area contributed by atoms with Crippen LogP contribution in [0.25, 0.3) is 10.9 Å². The first-order chi connectivity index (χ1) is 14.5. The topological polar surface area (TPSA) is 76.0 Å². The first-order valence-corrected chi connectivity index (χ1v) is 11.4. The van der Waals surface area contributed by atoms with Crippen molar-refractivity contribution in [3.05, 3.63) is 35.5 Å². The van der Waals surface area contributed by atoms with Gasteiger partial charge in [0.1, 0.15) is 0 Å². The van der Waals surface area contributed by atoms with E-state index in [1.54, 1.807) is 0 Å². The maximum atomic E-state index is 13.4. The summed E-state index contributed by atoms with van der Waals surface area (Å²) in [7, 11) is 0. The summed E-state index contributed by atoms with van der Waals surface area (Å²) in [5.74, 6) is 1.43. The number of ketones is 1. The molecule has 1 fully saturated rings. The molecule has 1 aromatic carbocycles. The van der Waals surface area contributed by atoms with Gasteiger partial charge < -0.3 is 14.6 Å². The van der Waals surface area contributed by atoms with Gasteiger partial charge in [0.25, 0.3) is 0 Å². The molecular weight excluding hydrogens is 398 g/mol. The van der Waals surface area contributed by atoms with Gasteiger partial charge in [-0.3, -0.25) is 9.36 Å². The van der Waals surface area contributed by atoms with Gasteiger partial charge in [-0.2, -0.15) is 0 Å². The van der Waals surface area contributed by atoms with E-state index in [1.165, 1.54) is 11.8 Å². The number of carbonyl (C=O) groups is 1. The molecule has 160 valence electrons. The van der Waals surface area contributed by atoms with Crippen LogP contribution in [0.5, 0.6) is 0 Å². The number of hydrogen-bond donors (Lipinski definition) is 1. The Kier molecular flexibility index (Phi) is 6.15. The fraction of sp³-hybridized carbons (Fsp3) is 0.500. The van der Waals surface area contributed by atoms with E-state index >= 15 is 0 Å². The summed E-state index contributed by atoms with van der Waals surface area (Å²) in [5, 5.41) is 10.5. The van der Waals surface area contributed by atoms with E-state index in [4.69, 9.17) is 4.74 Å². The number of aryl methyl sites for hydroxylation is 1. The third kappa shape index (κ3) is 4.11. The van der Waals surface area contributed by atoms with Crippen LogP contribution < -0.4 is 4.90 Å². The second-order valence-corrected chi connectivity index (χ2v) is 9.49. The van der Waals surface area contributed by atoms with Crippen LogP contribution in [0.3, 0.4) is 0 Å². The molecule has 0 saturated carbocycles. The van der Waals surface area contributed by atoms with E-state index < -0.39 is 0 Å². The van der Waals surface area contributed by atoms with Crippen molar-refractivity contribution in [3.63, 3.8) is 0 Å². The highest BCUT2D eigenvalue weighted by molar-refractivity contribution is 8.00. The van der Waals surface area contributed by atoms with Crippen LogP contribution in [0.15, 0.2) is 29.4 Å². The molecule has 8 heteroatoms. The van der Waals surface area contributed by atoms with E-state index in [-0.39, 0.29) is 11.0 Å². The molecule has 1 atom stereocenters. The highest BCUT2D eigenvalue weighted by Gasteiger charge is 2.26. The number of H-pyrrole nitrogens is 1. The van der Waals surface area contributed by atoms with Crippen molar-refractivity contribution >= 4 is 34.4 Å². The van der Waals surface area contributed by atoms with Gasteiger partial charge in [-0.25, -0.2) is 0 Å². The molecule has 1 N–H and O–H groups in total. The van der Waals surface area contributed by atoms with Crippen molar-refractivity contribution in [1.29, 1.82) is 0 Å². The van der Waals surface area contributed by atoms with Gasteiger partial charge >= 0.3 is 0 Å².